The van der Waals surface area contributed by atoms with E-state index in [2.05, 4.69) is 17.4 Å². The zero-order valence-electron chi connectivity index (χ0n) is 18.7. The van der Waals surface area contributed by atoms with Crippen LogP contribution in [0.4, 0.5) is 0 Å². The summed E-state index contributed by atoms with van der Waals surface area (Å²) in [6.07, 6.45) is 0.829. The molecule has 3 aromatic rings. The standard InChI is InChI=1S/C27H28N2O3S/c1-2-32-24-14-8-21(9-15-24)18-28-26(31)22-10-12-23(13-11-22)27-29(25(30)19-33-27)17-16-20-6-4-3-5-7-20/h3-15,27H,2,16-19H2,1H3,(H,28,31)/t27-/m1/s1. The van der Waals surface area contributed by atoms with E-state index in [4.69, 9.17) is 4.74 Å². The number of rotatable bonds is 9. The second kappa shape index (κ2) is 11.1. The summed E-state index contributed by atoms with van der Waals surface area (Å²) >= 11 is 1.64. The van der Waals surface area contributed by atoms with Crippen molar-refractivity contribution in [2.45, 2.75) is 25.3 Å². The topological polar surface area (TPSA) is 58.6 Å². The first-order chi connectivity index (χ1) is 16.1. The predicted molar refractivity (Wildman–Crippen MR) is 132 cm³/mol. The van der Waals surface area contributed by atoms with E-state index < -0.39 is 0 Å². The van der Waals surface area contributed by atoms with Gasteiger partial charge >= 0.3 is 0 Å². The summed E-state index contributed by atoms with van der Waals surface area (Å²) in [7, 11) is 0. The van der Waals surface area contributed by atoms with Crippen molar-refractivity contribution < 1.29 is 14.3 Å². The smallest absolute Gasteiger partial charge is 0.251 e. The van der Waals surface area contributed by atoms with Crippen molar-refractivity contribution in [2.24, 2.45) is 0 Å². The molecule has 0 radical (unpaired) electrons. The average Bonchev–Trinajstić information content (AvgIpc) is 3.23. The van der Waals surface area contributed by atoms with Gasteiger partial charge in [0.2, 0.25) is 5.91 Å². The van der Waals surface area contributed by atoms with Crippen LogP contribution < -0.4 is 10.1 Å². The summed E-state index contributed by atoms with van der Waals surface area (Å²) in [6.45, 7) is 3.72. The summed E-state index contributed by atoms with van der Waals surface area (Å²) in [5.41, 5.74) is 3.88. The normalized spacial score (nSPS) is 15.5. The van der Waals surface area contributed by atoms with Crippen molar-refractivity contribution in [3.63, 3.8) is 0 Å². The molecule has 3 aromatic carbocycles. The molecule has 33 heavy (non-hydrogen) atoms. The van der Waals surface area contributed by atoms with Gasteiger partial charge in [-0.15, -0.1) is 11.8 Å². The van der Waals surface area contributed by atoms with E-state index in [1.165, 1.54) is 5.56 Å². The quantitative estimate of drug-likeness (QED) is 0.497. The highest BCUT2D eigenvalue weighted by Gasteiger charge is 2.32. The molecule has 1 saturated heterocycles. The van der Waals surface area contributed by atoms with Crippen molar-refractivity contribution in [1.29, 1.82) is 0 Å². The molecule has 4 rings (SSSR count). The first-order valence-corrected chi connectivity index (χ1v) is 12.2. The minimum absolute atomic E-state index is 0.0119. The molecular weight excluding hydrogens is 432 g/mol. The van der Waals surface area contributed by atoms with E-state index in [-0.39, 0.29) is 17.2 Å². The minimum atomic E-state index is -0.119. The third-order valence-corrected chi connectivity index (χ3v) is 6.85. The molecule has 1 aliphatic heterocycles. The molecule has 0 unspecified atom stereocenters. The molecule has 0 spiro atoms. The van der Waals surface area contributed by atoms with E-state index in [9.17, 15) is 9.59 Å². The zero-order chi connectivity index (χ0) is 23.0. The molecule has 0 saturated carbocycles. The second-order valence-electron chi connectivity index (χ2n) is 7.87. The van der Waals surface area contributed by atoms with Gasteiger partial charge in [0.05, 0.1) is 12.4 Å². The number of thioether (sulfide) groups is 1. The Morgan fingerprint density at radius 3 is 2.42 bits per heavy atom. The first-order valence-electron chi connectivity index (χ1n) is 11.2. The lowest BCUT2D eigenvalue weighted by Crippen LogP contribution is -2.30. The van der Waals surface area contributed by atoms with Crippen molar-refractivity contribution >= 4 is 23.6 Å². The number of nitrogens with one attached hydrogen (secondary N) is 1. The Hall–Kier alpha value is -3.25. The summed E-state index contributed by atoms with van der Waals surface area (Å²) in [5.74, 6) is 1.36. The number of nitrogens with zero attached hydrogens (tertiary/aromatic N) is 1. The number of hydrogen-bond donors (Lipinski definition) is 1. The van der Waals surface area contributed by atoms with Crippen molar-refractivity contribution in [3.8, 4) is 5.75 Å². The molecule has 1 aliphatic rings. The Labute approximate surface area is 199 Å². The monoisotopic (exact) mass is 460 g/mol. The Kier molecular flexibility index (Phi) is 7.68. The van der Waals surface area contributed by atoms with E-state index in [1.54, 1.807) is 11.8 Å². The molecule has 0 aliphatic carbocycles. The highest BCUT2D eigenvalue weighted by molar-refractivity contribution is 8.00. The van der Waals surface area contributed by atoms with Gasteiger partial charge in [0, 0.05) is 18.7 Å². The first kappa shape index (κ1) is 22.9. The lowest BCUT2D eigenvalue weighted by Gasteiger charge is -2.24. The van der Waals surface area contributed by atoms with E-state index >= 15 is 0 Å². The SMILES string of the molecule is CCOc1ccc(CNC(=O)c2ccc([C@H]3SCC(=O)N3CCc3ccccc3)cc2)cc1. The van der Waals surface area contributed by atoms with E-state index in [1.807, 2.05) is 78.6 Å². The van der Waals surface area contributed by atoms with Crippen LogP contribution in [-0.2, 0) is 17.8 Å². The molecule has 5 nitrogen and oxygen atoms in total. The fourth-order valence-electron chi connectivity index (χ4n) is 3.82. The van der Waals surface area contributed by atoms with Crippen molar-refractivity contribution in [1.82, 2.24) is 10.2 Å². The maximum atomic E-state index is 12.6. The van der Waals surface area contributed by atoms with Gasteiger partial charge in [0.1, 0.15) is 11.1 Å². The zero-order valence-corrected chi connectivity index (χ0v) is 19.5. The number of carbonyl (C=O) groups excluding carboxylic acids is 2. The van der Waals surface area contributed by atoms with Gasteiger partial charge in [-0.25, -0.2) is 0 Å². The Bertz CT molecular complexity index is 1070. The molecule has 1 N–H and O–H groups in total. The fraction of sp³-hybridized carbons (Fsp3) is 0.259. The average molecular weight is 461 g/mol. The van der Waals surface area contributed by atoms with Gasteiger partial charge in [-0.05, 0) is 54.3 Å². The number of amides is 2. The maximum Gasteiger partial charge on any atom is 0.251 e. The van der Waals surface area contributed by atoms with Gasteiger partial charge in [-0.2, -0.15) is 0 Å². The molecule has 1 atom stereocenters. The van der Waals surface area contributed by atoms with Crippen LogP contribution in [-0.4, -0.2) is 35.6 Å². The van der Waals surface area contributed by atoms with Crippen molar-refractivity contribution in [2.75, 3.05) is 18.9 Å². The molecule has 2 amide bonds. The highest BCUT2D eigenvalue weighted by Crippen LogP contribution is 2.38. The van der Waals surface area contributed by atoms with E-state index in [0.717, 1.165) is 23.3 Å². The van der Waals surface area contributed by atoms with Gasteiger partial charge in [0.25, 0.3) is 5.91 Å². The largest absolute Gasteiger partial charge is 0.494 e. The Balaban J connectivity index is 1.34. The second-order valence-corrected chi connectivity index (χ2v) is 8.94. The molecule has 0 bridgehead atoms. The van der Waals surface area contributed by atoms with Crippen LogP contribution in [0.3, 0.4) is 0 Å². The van der Waals surface area contributed by atoms with Crippen LogP contribution in [0.15, 0.2) is 78.9 Å². The molecule has 170 valence electrons. The summed E-state index contributed by atoms with van der Waals surface area (Å²) in [6, 6.07) is 25.5. The molecule has 6 heteroatoms. The summed E-state index contributed by atoms with van der Waals surface area (Å²) in [4.78, 5) is 27.0. The Morgan fingerprint density at radius 2 is 1.73 bits per heavy atom. The number of carbonyl (C=O) groups is 2. The van der Waals surface area contributed by atoms with Crippen LogP contribution in [0.25, 0.3) is 0 Å². The maximum absolute atomic E-state index is 12.6. The number of benzene rings is 3. The predicted octanol–water partition coefficient (Wildman–Crippen LogP) is 4.83. The van der Waals surface area contributed by atoms with Crippen LogP contribution >= 0.6 is 11.8 Å². The molecule has 1 fully saturated rings. The highest BCUT2D eigenvalue weighted by atomic mass is 32.2. The van der Waals surface area contributed by atoms with Gasteiger partial charge in [-0.1, -0.05) is 54.6 Å². The molecule has 1 heterocycles. The molecular formula is C27H28N2O3S. The molecule has 0 aromatic heterocycles. The van der Waals surface area contributed by atoms with Gasteiger partial charge in [0.15, 0.2) is 0 Å². The van der Waals surface area contributed by atoms with Crippen molar-refractivity contribution in [3.05, 3.63) is 101 Å². The van der Waals surface area contributed by atoms with E-state index in [0.29, 0.717) is 31.0 Å². The van der Waals surface area contributed by atoms with Gasteiger partial charge < -0.3 is 15.0 Å². The summed E-state index contributed by atoms with van der Waals surface area (Å²) in [5, 5.41) is 2.95. The fourth-order valence-corrected chi connectivity index (χ4v) is 5.04. The van der Waals surface area contributed by atoms with Crippen LogP contribution in [0.1, 0.15) is 39.3 Å². The van der Waals surface area contributed by atoms with Gasteiger partial charge in [-0.3, -0.25) is 9.59 Å². The van der Waals surface area contributed by atoms with Crippen LogP contribution in [0, 0.1) is 0 Å². The Morgan fingerprint density at radius 1 is 1.00 bits per heavy atom. The lowest BCUT2D eigenvalue weighted by molar-refractivity contribution is -0.128. The lowest BCUT2D eigenvalue weighted by atomic mass is 10.1. The minimum Gasteiger partial charge on any atom is -0.494 e. The summed E-state index contributed by atoms with van der Waals surface area (Å²) < 4.78 is 5.45. The third-order valence-electron chi connectivity index (χ3n) is 5.60. The van der Waals surface area contributed by atoms with Crippen LogP contribution in [0.2, 0.25) is 0 Å². The number of hydrogen-bond acceptors (Lipinski definition) is 4. The van der Waals surface area contributed by atoms with Crippen LogP contribution in [0.5, 0.6) is 5.75 Å². The number of ether oxygens (including phenoxy) is 1. The third kappa shape index (κ3) is 5.96.